The number of nitrogen functional groups attached to an aromatic ring is 1. The molecule has 0 bridgehead atoms. The van der Waals surface area contributed by atoms with E-state index < -0.39 is 5.91 Å². The van der Waals surface area contributed by atoms with E-state index in [-0.39, 0.29) is 0 Å². The monoisotopic (exact) mass is 374 g/mol. The third-order valence-electron chi connectivity index (χ3n) is 5.15. The number of amides is 1. The lowest BCUT2D eigenvalue weighted by atomic mass is 9.98. The summed E-state index contributed by atoms with van der Waals surface area (Å²) in [7, 11) is 1.56. The standard InChI is InChI=1S/C22H22N4O2/c1-13(21(24)27)10-26-11-16-6-4-14-3-5-15(9-17(14)18(16)12-26)20-8-7-19(23)22(25-20)28-2/h3-9H,1,10-12,23H2,2H3,(H2,24,27). The third kappa shape index (κ3) is 3.18. The Morgan fingerprint density at radius 2 is 2.00 bits per heavy atom. The van der Waals surface area contributed by atoms with Crippen molar-refractivity contribution in [1.29, 1.82) is 0 Å². The number of carbonyl (C=O) groups excluding carboxylic acids is 1. The molecule has 0 spiro atoms. The summed E-state index contributed by atoms with van der Waals surface area (Å²) >= 11 is 0. The molecule has 1 aliphatic rings. The van der Waals surface area contributed by atoms with Crippen LogP contribution in [0.4, 0.5) is 5.69 Å². The Kier molecular flexibility index (Phi) is 4.49. The zero-order chi connectivity index (χ0) is 19.8. The van der Waals surface area contributed by atoms with Gasteiger partial charge in [-0.2, -0.15) is 0 Å². The van der Waals surface area contributed by atoms with Crippen molar-refractivity contribution in [2.24, 2.45) is 5.73 Å². The molecule has 0 unspecified atom stereocenters. The molecule has 4 rings (SSSR count). The zero-order valence-electron chi connectivity index (χ0n) is 15.7. The van der Waals surface area contributed by atoms with E-state index in [0.717, 1.165) is 24.3 Å². The van der Waals surface area contributed by atoms with Crippen LogP contribution >= 0.6 is 0 Å². The molecule has 28 heavy (non-hydrogen) atoms. The molecule has 142 valence electrons. The number of hydrogen-bond acceptors (Lipinski definition) is 5. The van der Waals surface area contributed by atoms with E-state index in [1.807, 2.05) is 12.1 Å². The second-order valence-corrected chi connectivity index (χ2v) is 7.05. The number of rotatable bonds is 5. The highest BCUT2D eigenvalue weighted by molar-refractivity contribution is 5.92. The second-order valence-electron chi connectivity index (χ2n) is 7.05. The number of hydrogen-bond donors (Lipinski definition) is 2. The maximum absolute atomic E-state index is 11.3. The maximum atomic E-state index is 11.3. The van der Waals surface area contributed by atoms with Crippen LogP contribution in [0, 0.1) is 0 Å². The summed E-state index contributed by atoms with van der Waals surface area (Å²) < 4.78 is 5.25. The summed E-state index contributed by atoms with van der Waals surface area (Å²) in [6.07, 6.45) is 0. The molecule has 1 aromatic heterocycles. The number of primary amides is 1. The zero-order valence-corrected chi connectivity index (χ0v) is 15.7. The molecular weight excluding hydrogens is 352 g/mol. The molecule has 0 fully saturated rings. The van der Waals surface area contributed by atoms with Crippen molar-refractivity contribution in [2.45, 2.75) is 13.1 Å². The van der Waals surface area contributed by atoms with Crippen molar-refractivity contribution >= 4 is 22.4 Å². The molecule has 0 radical (unpaired) electrons. The van der Waals surface area contributed by atoms with E-state index in [2.05, 4.69) is 40.7 Å². The number of anilines is 1. The summed E-state index contributed by atoms with van der Waals surface area (Å²) in [6, 6.07) is 14.3. The average molecular weight is 374 g/mol. The summed E-state index contributed by atoms with van der Waals surface area (Å²) in [6.45, 7) is 5.77. The molecule has 0 aliphatic carbocycles. The highest BCUT2D eigenvalue weighted by atomic mass is 16.5. The summed E-state index contributed by atoms with van der Waals surface area (Å²) in [5, 5.41) is 2.35. The Balaban J connectivity index is 1.72. The predicted octanol–water partition coefficient (Wildman–Crippen LogP) is 2.85. The largest absolute Gasteiger partial charge is 0.480 e. The number of nitrogens with two attached hydrogens (primary N) is 2. The van der Waals surface area contributed by atoms with E-state index in [1.165, 1.54) is 21.9 Å². The van der Waals surface area contributed by atoms with Gasteiger partial charge in [-0.15, -0.1) is 0 Å². The van der Waals surface area contributed by atoms with Gasteiger partial charge in [0.1, 0.15) is 0 Å². The smallest absolute Gasteiger partial charge is 0.245 e. The molecule has 1 aliphatic heterocycles. The minimum Gasteiger partial charge on any atom is -0.480 e. The minimum absolute atomic E-state index is 0.423. The Morgan fingerprint density at radius 3 is 2.75 bits per heavy atom. The highest BCUT2D eigenvalue weighted by Crippen LogP contribution is 2.34. The topological polar surface area (TPSA) is 94.5 Å². The van der Waals surface area contributed by atoms with Gasteiger partial charge in [0, 0.05) is 30.8 Å². The molecular formula is C22H22N4O2. The highest BCUT2D eigenvalue weighted by Gasteiger charge is 2.22. The molecule has 2 heterocycles. The number of benzene rings is 2. The van der Waals surface area contributed by atoms with Crippen LogP contribution in [0.3, 0.4) is 0 Å². The fraction of sp³-hybridized carbons (Fsp3) is 0.182. The van der Waals surface area contributed by atoms with Crippen molar-refractivity contribution in [3.8, 4) is 17.1 Å². The van der Waals surface area contributed by atoms with Crippen LogP contribution in [0.1, 0.15) is 11.1 Å². The van der Waals surface area contributed by atoms with Crippen LogP contribution in [0.15, 0.2) is 54.6 Å². The molecule has 0 saturated carbocycles. The van der Waals surface area contributed by atoms with E-state index >= 15 is 0 Å². The van der Waals surface area contributed by atoms with Crippen LogP contribution in [0.5, 0.6) is 5.88 Å². The van der Waals surface area contributed by atoms with Crippen molar-refractivity contribution in [3.63, 3.8) is 0 Å². The average Bonchev–Trinajstić information content (AvgIpc) is 3.11. The number of fused-ring (bicyclic) bond motifs is 3. The van der Waals surface area contributed by atoms with Gasteiger partial charge >= 0.3 is 0 Å². The second kappa shape index (κ2) is 6.98. The van der Waals surface area contributed by atoms with Crippen LogP contribution in [0.2, 0.25) is 0 Å². The van der Waals surface area contributed by atoms with Crippen molar-refractivity contribution in [3.05, 3.63) is 65.7 Å². The first-order chi connectivity index (χ1) is 13.5. The van der Waals surface area contributed by atoms with E-state index in [1.54, 1.807) is 13.2 Å². The first-order valence-corrected chi connectivity index (χ1v) is 9.01. The summed E-state index contributed by atoms with van der Waals surface area (Å²) in [5.41, 5.74) is 16.5. The number of pyridine rings is 1. The number of nitrogens with zero attached hydrogens (tertiary/aromatic N) is 2. The quantitative estimate of drug-likeness (QED) is 0.670. The number of ether oxygens (including phenoxy) is 1. The first kappa shape index (κ1) is 18.0. The van der Waals surface area contributed by atoms with Gasteiger partial charge in [0.25, 0.3) is 0 Å². The fourth-order valence-electron chi connectivity index (χ4n) is 3.68. The lowest BCUT2D eigenvalue weighted by Crippen LogP contribution is -2.25. The normalized spacial score (nSPS) is 13.5. The SMILES string of the molecule is C=C(CN1Cc2ccc3ccc(-c4ccc(N)c(OC)n4)cc3c2C1)C(N)=O. The Morgan fingerprint density at radius 1 is 1.21 bits per heavy atom. The van der Waals surface area contributed by atoms with Crippen molar-refractivity contribution in [1.82, 2.24) is 9.88 Å². The predicted molar refractivity (Wildman–Crippen MR) is 111 cm³/mol. The summed E-state index contributed by atoms with van der Waals surface area (Å²) in [4.78, 5) is 18.0. The molecule has 4 N–H and O–H groups in total. The van der Waals surface area contributed by atoms with Crippen molar-refractivity contribution in [2.75, 3.05) is 19.4 Å². The Labute approximate surface area is 163 Å². The van der Waals surface area contributed by atoms with E-state index in [4.69, 9.17) is 16.2 Å². The molecule has 6 nitrogen and oxygen atoms in total. The van der Waals surface area contributed by atoms with Gasteiger partial charge in [-0.3, -0.25) is 9.69 Å². The third-order valence-corrected chi connectivity index (χ3v) is 5.15. The molecule has 0 atom stereocenters. The molecule has 2 aromatic carbocycles. The van der Waals surface area contributed by atoms with Crippen LogP contribution in [-0.4, -0.2) is 29.4 Å². The lowest BCUT2D eigenvalue weighted by molar-refractivity contribution is -0.114. The van der Waals surface area contributed by atoms with Crippen LogP contribution in [0.25, 0.3) is 22.0 Å². The fourth-order valence-corrected chi connectivity index (χ4v) is 3.68. The number of methoxy groups -OCH3 is 1. The van der Waals surface area contributed by atoms with Gasteiger partial charge < -0.3 is 16.2 Å². The van der Waals surface area contributed by atoms with Crippen molar-refractivity contribution < 1.29 is 9.53 Å². The van der Waals surface area contributed by atoms with Gasteiger partial charge in [-0.25, -0.2) is 4.98 Å². The molecule has 0 saturated heterocycles. The van der Waals surface area contributed by atoms with Gasteiger partial charge in [0.15, 0.2) is 0 Å². The molecule has 6 heteroatoms. The Hall–Kier alpha value is -3.38. The van der Waals surface area contributed by atoms with Crippen LogP contribution in [-0.2, 0) is 17.9 Å². The minimum atomic E-state index is -0.452. The Bertz CT molecular complexity index is 1110. The number of carbonyl (C=O) groups is 1. The van der Waals surface area contributed by atoms with E-state index in [9.17, 15) is 4.79 Å². The van der Waals surface area contributed by atoms with Gasteiger partial charge in [0.05, 0.1) is 18.5 Å². The summed E-state index contributed by atoms with van der Waals surface area (Å²) in [5.74, 6) is -0.0292. The number of aromatic nitrogens is 1. The first-order valence-electron chi connectivity index (χ1n) is 9.01. The molecule has 1 amide bonds. The molecule has 3 aromatic rings. The van der Waals surface area contributed by atoms with Crippen LogP contribution < -0.4 is 16.2 Å². The van der Waals surface area contributed by atoms with Gasteiger partial charge in [-0.1, -0.05) is 30.8 Å². The maximum Gasteiger partial charge on any atom is 0.245 e. The lowest BCUT2D eigenvalue weighted by Gasteiger charge is -2.14. The van der Waals surface area contributed by atoms with Gasteiger partial charge in [0.2, 0.25) is 11.8 Å². The van der Waals surface area contributed by atoms with E-state index in [0.29, 0.717) is 23.7 Å². The van der Waals surface area contributed by atoms with Gasteiger partial charge in [-0.05, 0) is 40.1 Å².